The fourth-order valence-corrected chi connectivity index (χ4v) is 4.23. The van der Waals surface area contributed by atoms with Crippen LogP contribution in [0.2, 0.25) is 0 Å². The van der Waals surface area contributed by atoms with Gasteiger partial charge < -0.3 is 20.1 Å². The minimum atomic E-state index is -0.480. The second-order valence-corrected chi connectivity index (χ2v) is 9.27. The van der Waals surface area contributed by atoms with Crippen molar-refractivity contribution in [3.05, 3.63) is 33.2 Å². The Morgan fingerprint density at radius 2 is 2.09 bits per heavy atom. The Labute approximate surface area is 188 Å². The van der Waals surface area contributed by atoms with Crippen molar-refractivity contribution in [3.63, 3.8) is 0 Å². The highest BCUT2D eigenvalue weighted by Crippen LogP contribution is 2.46. The SMILES string of the molecule is O=c1[nH]c(O)c(/C=c2/cnn3c(=NC4CC4)nc(NCC4(CN5CCOCC5)CC4)nc23)[nH]1. The molecule has 3 aromatic rings. The lowest BCUT2D eigenvalue weighted by atomic mass is 10.1. The lowest BCUT2D eigenvalue weighted by Crippen LogP contribution is -2.41. The lowest BCUT2D eigenvalue weighted by molar-refractivity contribution is 0.0294. The molecular formula is C21H27N9O3. The van der Waals surface area contributed by atoms with Crippen LogP contribution in [0.4, 0.5) is 5.95 Å². The monoisotopic (exact) mass is 453 g/mol. The maximum absolute atomic E-state index is 11.5. The number of aromatic amines is 2. The Balaban J connectivity index is 1.31. The number of imidazole rings is 1. The minimum Gasteiger partial charge on any atom is -0.493 e. The number of aromatic nitrogens is 6. The molecule has 4 heterocycles. The molecule has 0 radical (unpaired) electrons. The van der Waals surface area contributed by atoms with Crippen molar-refractivity contribution >= 4 is 17.7 Å². The maximum Gasteiger partial charge on any atom is 0.326 e. The molecule has 3 fully saturated rings. The van der Waals surface area contributed by atoms with E-state index in [1.165, 1.54) is 12.8 Å². The predicted molar refractivity (Wildman–Crippen MR) is 119 cm³/mol. The van der Waals surface area contributed by atoms with Gasteiger partial charge in [0.25, 0.3) is 5.62 Å². The molecule has 33 heavy (non-hydrogen) atoms. The van der Waals surface area contributed by atoms with Crippen LogP contribution in [-0.2, 0) is 4.74 Å². The molecule has 12 heteroatoms. The summed E-state index contributed by atoms with van der Waals surface area (Å²) >= 11 is 0. The molecule has 4 N–H and O–H groups in total. The predicted octanol–water partition coefficient (Wildman–Crippen LogP) is -1.02. The average molecular weight is 454 g/mol. The fraction of sp³-hybridized carbons (Fsp3) is 0.571. The Morgan fingerprint density at radius 1 is 1.27 bits per heavy atom. The van der Waals surface area contributed by atoms with E-state index in [1.54, 1.807) is 16.8 Å². The number of morpholine rings is 1. The second-order valence-electron chi connectivity index (χ2n) is 9.27. The number of fused-ring (bicyclic) bond motifs is 1. The fourth-order valence-electron chi connectivity index (χ4n) is 4.23. The summed E-state index contributed by atoms with van der Waals surface area (Å²) in [6.45, 7) is 5.42. The first-order valence-electron chi connectivity index (χ1n) is 11.4. The molecule has 1 aliphatic heterocycles. The van der Waals surface area contributed by atoms with Gasteiger partial charge in [0.15, 0.2) is 5.65 Å². The Bertz CT molecular complexity index is 1340. The molecule has 3 aliphatic rings. The molecule has 2 saturated carbocycles. The van der Waals surface area contributed by atoms with Gasteiger partial charge in [-0.25, -0.2) is 9.79 Å². The zero-order valence-electron chi connectivity index (χ0n) is 18.3. The van der Waals surface area contributed by atoms with Crippen LogP contribution >= 0.6 is 0 Å². The Kier molecular flexibility index (Phi) is 4.91. The van der Waals surface area contributed by atoms with Crippen molar-refractivity contribution in [2.75, 3.05) is 44.7 Å². The molecule has 12 nitrogen and oxygen atoms in total. The average Bonchev–Trinajstić information content (AvgIpc) is 3.71. The number of ether oxygens (including phenoxy) is 1. The topological polar surface area (TPSA) is 149 Å². The summed E-state index contributed by atoms with van der Waals surface area (Å²) in [6, 6.07) is 0.272. The van der Waals surface area contributed by atoms with E-state index in [-0.39, 0.29) is 23.0 Å². The van der Waals surface area contributed by atoms with Crippen LogP contribution in [0, 0.1) is 5.41 Å². The van der Waals surface area contributed by atoms with Gasteiger partial charge in [-0.05, 0) is 31.8 Å². The van der Waals surface area contributed by atoms with Gasteiger partial charge in [0.05, 0.1) is 25.5 Å². The summed E-state index contributed by atoms with van der Waals surface area (Å²) in [6.07, 6.45) is 7.74. The molecule has 0 aromatic carbocycles. The van der Waals surface area contributed by atoms with E-state index >= 15 is 0 Å². The number of nitrogens with zero attached hydrogens (tertiary/aromatic N) is 6. The van der Waals surface area contributed by atoms with E-state index in [9.17, 15) is 9.90 Å². The highest BCUT2D eigenvalue weighted by atomic mass is 16.5. The van der Waals surface area contributed by atoms with Crippen molar-refractivity contribution in [1.29, 1.82) is 0 Å². The number of H-pyrrole nitrogens is 2. The molecule has 3 aromatic heterocycles. The summed E-state index contributed by atoms with van der Waals surface area (Å²) in [7, 11) is 0. The van der Waals surface area contributed by atoms with Gasteiger partial charge in [0, 0.05) is 36.8 Å². The van der Waals surface area contributed by atoms with Crippen molar-refractivity contribution in [3.8, 4) is 5.88 Å². The van der Waals surface area contributed by atoms with Crippen molar-refractivity contribution < 1.29 is 9.84 Å². The van der Waals surface area contributed by atoms with Gasteiger partial charge in [-0.15, -0.1) is 0 Å². The van der Waals surface area contributed by atoms with Crippen LogP contribution in [0.3, 0.4) is 0 Å². The molecule has 174 valence electrons. The molecule has 0 atom stereocenters. The molecular weight excluding hydrogens is 426 g/mol. The van der Waals surface area contributed by atoms with Crippen molar-refractivity contribution in [1.82, 2.24) is 34.4 Å². The van der Waals surface area contributed by atoms with Crippen LogP contribution in [0.15, 0.2) is 16.0 Å². The third-order valence-electron chi connectivity index (χ3n) is 6.50. The molecule has 0 spiro atoms. The smallest absolute Gasteiger partial charge is 0.326 e. The van der Waals surface area contributed by atoms with E-state index < -0.39 is 5.69 Å². The van der Waals surface area contributed by atoms with Gasteiger partial charge in [0.2, 0.25) is 11.8 Å². The van der Waals surface area contributed by atoms with E-state index in [0.29, 0.717) is 22.4 Å². The highest BCUT2D eigenvalue weighted by molar-refractivity contribution is 5.57. The van der Waals surface area contributed by atoms with Gasteiger partial charge in [-0.3, -0.25) is 9.88 Å². The number of anilines is 1. The van der Waals surface area contributed by atoms with Gasteiger partial charge in [-0.1, -0.05) is 0 Å². The Hall–Kier alpha value is -3.25. The molecule has 2 aliphatic carbocycles. The number of rotatable bonds is 7. The molecule has 6 rings (SSSR count). The van der Waals surface area contributed by atoms with Crippen molar-refractivity contribution in [2.24, 2.45) is 10.4 Å². The van der Waals surface area contributed by atoms with Crippen LogP contribution in [-0.4, -0.2) is 85.0 Å². The van der Waals surface area contributed by atoms with Crippen molar-refractivity contribution in [2.45, 2.75) is 31.7 Å². The van der Waals surface area contributed by atoms with E-state index in [4.69, 9.17) is 14.7 Å². The third-order valence-corrected chi connectivity index (χ3v) is 6.50. The zero-order valence-corrected chi connectivity index (χ0v) is 18.3. The molecule has 0 amide bonds. The largest absolute Gasteiger partial charge is 0.493 e. The molecule has 1 saturated heterocycles. The van der Waals surface area contributed by atoms with E-state index in [2.05, 4.69) is 30.3 Å². The van der Waals surface area contributed by atoms with E-state index in [0.717, 1.165) is 52.2 Å². The first kappa shape index (κ1) is 20.4. The summed E-state index contributed by atoms with van der Waals surface area (Å²) in [5.41, 5.74) is 1.10. The third kappa shape index (κ3) is 4.35. The first-order chi connectivity index (χ1) is 16.1. The summed E-state index contributed by atoms with van der Waals surface area (Å²) in [4.78, 5) is 32.9. The summed E-state index contributed by atoms with van der Waals surface area (Å²) in [5.74, 6) is 0.283. The normalized spacial score (nSPS) is 21.7. The zero-order chi connectivity index (χ0) is 22.4. The minimum absolute atomic E-state index is 0.228. The number of aromatic hydroxyl groups is 1. The van der Waals surface area contributed by atoms with Crippen LogP contribution in [0.25, 0.3) is 11.7 Å². The van der Waals surface area contributed by atoms with Crippen LogP contribution in [0.5, 0.6) is 5.88 Å². The summed E-state index contributed by atoms with van der Waals surface area (Å²) in [5, 5.41) is 18.4. The Morgan fingerprint density at radius 3 is 2.79 bits per heavy atom. The maximum atomic E-state index is 11.5. The standard InChI is InChI=1S/C21H27N9O3/c31-17-15(25-20(32)27-17)9-13-10-23-30-16(13)26-18(28-19(30)24-14-1-2-14)22-11-21(3-4-21)12-29-5-7-33-8-6-29/h9-10,14,31H,1-8,11-12H2,(H,22,24,28)(H2,25,27,32)/b13-9-. The quantitative estimate of drug-likeness (QED) is 0.355. The molecule has 0 bridgehead atoms. The van der Waals surface area contributed by atoms with Gasteiger partial charge in [-0.2, -0.15) is 19.6 Å². The van der Waals surface area contributed by atoms with E-state index in [1.807, 2.05) is 0 Å². The van der Waals surface area contributed by atoms with Crippen LogP contribution < -0.4 is 21.8 Å². The highest BCUT2D eigenvalue weighted by Gasteiger charge is 2.44. The lowest BCUT2D eigenvalue weighted by Gasteiger charge is -2.30. The molecule has 0 unspecified atom stereocenters. The van der Waals surface area contributed by atoms with Gasteiger partial charge >= 0.3 is 5.69 Å². The summed E-state index contributed by atoms with van der Waals surface area (Å²) < 4.78 is 7.08. The number of hydrogen-bond acceptors (Lipinski definition) is 9. The van der Waals surface area contributed by atoms with Crippen LogP contribution in [0.1, 0.15) is 31.4 Å². The van der Waals surface area contributed by atoms with Gasteiger partial charge in [0.1, 0.15) is 5.69 Å². The second kappa shape index (κ2) is 7.96. The first-order valence-corrected chi connectivity index (χ1v) is 11.4. The number of hydrogen-bond donors (Lipinski definition) is 4. The number of nitrogens with one attached hydrogen (secondary N) is 3.